The number of carbonyl (C=O) groups is 3. The highest BCUT2D eigenvalue weighted by molar-refractivity contribution is 6.39. The summed E-state index contributed by atoms with van der Waals surface area (Å²) in [6.45, 7) is 0.0980. The smallest absolute Gasteiger partial charge is 0.335 e. The van der Waals surface area contributed by atoms with E-state index >= 15 is 0 Å². The number of hydrogen-bond acceptors (Lipinski definition) is 8. The largest absolute Gasteiger partial charge is 0.488 e. The minimum Gasteiger partial charge on any atom is -0.488 e. The topological polar surface area (TPSA) is 137 Å². The monoisotopic (exact) mass is 537 g/mol. The number of amides is 4. The highest BCUT2D eigenvalue weighted by atomic mass is 16.7. The van der Waals surface area contributed by atoms with E-state index < -0.39 is 22.8 Å². The zero-order valence-corrected chi connectivity index (χ0v) is 20.7. The minimum absolute atomic E-state index is 0.0201. The molecule has 2 heterocycles. The van der Waals surface area contributed by atoms with Gasteiger partial charge in [0.05, 0.1) is 10.6 Å². The third-order valence-electron chi connectivity index (χ3n) is 6.48. The molecule has 1 N–H and O–H groups in total. The number of imide groups is 2. The average Bonchev–Trinajstić information content (AvgIpc) is 3.43. The molecule has 0 bridgehead atoms. The summed E-state index contributed by atoms with van der Waals surface area (Å²) in [4.78, 5) is 50.5. The lowest BCUT2D eigenvalue weighted by molar-refractivity contribution is -0.384. The first kappa shape index (κ1) is 24.6. The Hall–Kier alpha value is -5.71. The van der Waals surface area contributed by atoms with E-state index in [-0.39, 0.29) is 30.3 Å². The number of nitrogens with zero attached hydrogens (tertiary/aromatic N) is 2. The number of anilines is 1. The summed E-state index contributed by atoms with van der Waals surface area (Å²) in [5, 5.41) is 14.7. The molecule has 1 saturated heterocycles. The van der Waals surface area contributed by atoms with Crippen molar-refractivity contribution in [3.63, 3.8) is 0 Å². The van der Waals surface area contributed by atoms with Gasteiger partial charge in [-0.3, -0.25) is 25.0 Å². The maximum atomic E-state index is 13.6. The number of carbonyl (C=O) groups excluding carboxylic acids is 3. The third kappa shape index (κ3) is 4.45. The van der Waals surface area contributed by atoms with E-state index in [4.69, 9.17) is 14.2 Å². The molecule has 4 amide bonds. The molecule has 0 spiro atoms. The normalized spacial score (nSPS) is 15.4. The van der Waals surface area contributed by atoms with Gasteiger partial charge in [-0.15, -0.1) is 0 Å². The molecule has 198 valence electrons. The standard InChI is InChI=1S/C29H19N3O8/c33-27-23(28(34)31(29(35)30-27)20-10-12-25-26(13-20)40-16-39-25)14-22-21-4-2-1-3-18(21)7-11-24(22)38-15-17-5-8-19(9-6-17)32(36)37/h1-14H,15-16H2,(H,30,33,35)/b23-14+. The number of ether oxygens (including phenoxy) is 3. The summed E-state index contributed by atoms with van der Waals surface area (Å²) >= 11 is 0. The number of nitro benzene ring substituents is 1. The third-order valence-corrected chi connectivity index (χ3v) is 6.48. The van der Waals surface area contributed by atoms with Gasteiger partial charge in [-0.1, -0.05) is 30.3 Å². The summed E-state index contributed by atoms with van der Waals surface area (Å²) in [7, 11) is 0. The fourth-order valence-electron chi connectivity index (χ4n) is 4.49. The Morgan fingerprint density at radius 2 is 1.73 bits per heavy atom. The van der Waals surface area contributed by atoms with E-state index in [9.17, 15) is 24.5 Å². The molecule has 0 unspecified atom stereocenters. The molecule has 6 rings (SSSR count). The Labute approximate surface area is 226 Å². The Balaban J connectivity index is 1.38. The van der Waals surface area contributed by atoms with Crippen LogP contribution in [0.3, 0.4) is 0 Å². The molecule has 0 saturated carbocycles. The maximum Gasteiger partial charge on any atom is 0.335 e. The van der Waals surface area contributed by atoms with E-state index in [1.807, 2.05) is 30.3 Å². The number of urea groups is 1. The van der Waals surface area contributed by atoms with Crippen molar-refractivity contribution in [1.82, 2.24) is 5.32 Å². The van der Waals surface area contributed by atoms with Gasteiger partial charge in [-0.25, -0.2) is 9.69 Å². The molecule has 0 atom stereocenters. The van der Waals surface area contributed by atoms with Crippen LogP contribution in [0.15, 0.2) is 84.4 Å². The van der Waals surface area contributed by atoms with Crippen LogP contribution in [0.2, 0.25) is 0 Å². The molecule has 40 heavy (non-hydrogen) atoms. The Morgan fingerprint density at radius 1 is 0.950 bits per heavy atom. The summed E-state index contributed by atoms with van der Waals surface area (Å²) in [5.74, 6) is -0.442. The first-order valence-electron chi connectivity index (χ1n) is 12.1. The summed E-state index contributed by atoms with van der Waals surface area (Å²) in [6.07, 6.45) is 1.40. The van der Waals surface area contributed by atoms with Crippen LogP contribution in [0.1, 0.15) is 11.1 Å². The van der Waals surface area contributed by atoms with Crippen molar-refractivity contribution in [3.8, 4) is 17.2 Å². The van der Waals surface area contributed by atoms with E-state index in [1.54, 1.807) is 24.3 Å². The quantitative estimate of drug-likeness (QED) is 0.161. The van der Waals surface area contributed by atoms with Crippen LogP contribution in [-0.2, 0) is 16.2 Å². The molecular formula is C29H19N3O8. The predicted octanol–water partition coefficient (Wildman–Crippen LogP) is 4.72. The SMILES string of the molecule is O=C1NC(=O)N(c2ccc3c(c2)OCO3)C(=O)/C1=C/c1c(OCc2ccc([N+](=O)[O-])cc2)ccc2ccccc12. The van der Waals surface area contributed by atoms with Crippen LogP contribution >= 0.6 is 0 Å². The van der Waals surface area contributed by atoms with E-state index in [0.29, 0.717) is 33.8 Å². The van der Waals surface area contributed by atoms with Crippen LogP contribution in [0.4, 0.5) is 16.2 Å². The molecule has 2 aliphatic heterocycles. The summed E-state index contributed by atoms with van der Waals surface area (Å²) in [6, 6.07) is 20.6. The molecule has 0 aliphatic carbocycles. The van der Waals surface area contributed by atoms with Gasteiger partial charge in [0.1, 0.15) is 17.9 Å². The molecule has 0 aromatic heterocycles. The van der Waals surface area contributed by atoms with Crippen molar-refractivity contribution < 1.29 is 33.5 Å². The van der Waals surface area contributed by atoms with Gasteiger partial charge in [0.2, 0.25) is 6.79 Å². The Kier molecular flexibility index (Phi) is 6.08. The molecule has 11 nitrogen and oxygen atoms in total. The lowest BCUT2D eigenvalue weighted by Gasteiger charge is -2.26. The van der Waals surface area contributed by atoms with Crippen molar-refractivity contribution >= 4 is 46.1 Å². The van der Waals surface area contributed by atoms with Crippen molar-refractivity contribution in [2.75, 3.05) is 11.7 Å². The highest BCUT2D eigenvalue weighted by Crippen LogP contribution is 2.37. The van der Waals surface area contributed by atoms with Crippen LogP contribution in [0.25, 0.3) is 16.8 Å². The lowest BCUT2D eigenvalue weighted by Crippen LogP contribution is -2.54. The number of fused-ring (bicyclic) bond motifs is 2. The van der Waals surface area contributed by atoms with Gasteiger partial charge >= 0.3 is 6.03 Å². The number of barbiturate groups is 1. The molecule has 4 aromatic rings. The number of nitrogens with one attached hydrogen (secondary N) is 1. The second-order valence-corrected chi connectivity index (χ2v) is 8.91. The maximum absolute atomic E-state index is 13.6. The van der Waals surface area contributed by atoms with Crippen LogP contribution in [0.5, 0.6) is 17.2 Å². The second-order valence-electron chi connectivity index (χ2n) is 8.91. The zero-order valence-electron chi connectivity index (χ0n) is 20.7. The van der Waals surface area contributed by atoms with Gasteiger partial charge in [0.25, 0.3) is 17.5 Å². The zero-order chi connectivity index (χ0) is 27.8. The van der Waals surface area contributed by atoms with Gasteiger partial charge in [-0.2, -0.15) is 0 Å². The van der Waals surface area contributed by atoms with E-state index in [0.717, 1.165) is 10.3 Å². The van der Waals surface area contributed by atoms with Crippen molar-refractivity contribution in [1.29, 1.82) is 0 Å². The summed E-state index contributed by atoms with van der Waals surface area (Å²) in [5.41, 5.74) is 1.04. The molecule has 11 heteroatoms. The number of hydrogen-bond donors (Lipinski definition) is 1. The van der Waals surface area contributed by atoms with Gasteiger partial charge in [0, 0.05) is 23.8 Å². The Bertz CT molecular complexity index is 1750. The highest BCUT2D eigenvalue weighted by Gasteiger charge is 2.37. The van der Waals surface area contributed by atoms with Gasteiger partial charge in [0.15, 0.2) is 11.5 Å². The van der Waals surface area contributed by atoms with E-state index in [2.05, 4.69) is 5.32 Å². The van der Waals surface area contributed by atoms with Gasteiger partial charge in [-0.05, 0) is 52.7 Å². The number of non-ortho nitro benzene ring substituents is 1. The molecule has 4 aromatic carbocycles. The second kappa shape index (κ2) is 9.87. The van der Waals surface area contributed by atoms with Crippen LogP contribution in [-0.4, -0.2) is 29.6 Å². The average molecular weight is 537 g/mol. The van der Waals surface area contributed by atoms with Crippen LogP contribution < -0.4 is 24.4 Å². The van der Waals surface area contributed by atoms with Crippen LogP contribution in [0, 0.1) is 10.1 Å². The summed E-state index contributed by atoms with van der Waals surface area (Å²) < 4.78 is 16.7. The number of nitro groups is 1. The first-order chi connectivity index (χ1) is 19.4. The van der Waals surface area contributed by atoms with Crippen molar-refractivity contribution in [2.24, 2.45) is 0 Å². The molecule has 1 fully saturated rings. The Morgan fingerprint density at radius 3 is 2.52 bits per heavy atom. The minimum atomic E-state index is -0.890. The van der Waals surface area contributed by atoms with Crippen molar-refractivity contribution in [2.45, 2.75) is 6.61 Å². The van der Waals surface area contributed by atoms with Gasteiger partial charge < -0.3 is 14.2 Å². The molecule has 2 aliphatic rings. The number of benzene rings is 4. The lowest BCUT2D eigenvalue weighted by atomic mass is 9.99. The fourth-order valence-corrected chi connectivity index (χ4v) is 4.49. The molecule has 0 radical (unpaired) electrons. The predicted molar refractivity (Wildman–Crippen MR) is 143 cm³/mol. The first-order valence-corrected chi connectivity index (χ1v) is 12.1. The van der Waals surface area contributed by atoms with E-state index in [1.165, 1.54) is 30.3 Å². The number of rotatable bonds is 6. The van der Waals surface area contributed by atoms with Crippen molar-refractivity contribution in [3.05, 3.63) is 106 Å². The molecular weight excluding hydrogens is 518 g/mol. The fraction of sp³-hybridized carbons (Fsp3) is 0.0690.